The second kappa shape index (κ2) is 7.27. The maximum Gasteiger partial charge on any atom is 0.246 e. The third-order valence-corrected chi connectivity index (χ3v) is 4.55. The molecule has 122 valence electrons. The lowest BCUT2D eigenvalue weighted by Crippen LogP contribution is -2.19. The number of nitrogens with zero attached hydrogens (tertiary/aromatic N) is 4. The van der Waals surface area contributed by atoms with Crippen molar-refractivity contribution in [1.29, 1.82) is 0 Å². The molecule has 0 aliphatic rings. The molecule has 0 spiro atoms. The molecule has 2 aromatic carbocycles. The van der Waals surface area contributed by atoms with Crippen LogP contribution in [0.1, 0.15) is 11.1 Å². The zero-order valence-electron chi connectivity index (χ0n) is 13.4. The molecule has 24 heavy (non-hydrogen) atoms. The lowest BCUT2D eigenvalue weighted by Gasteiger charge is -2.07. The maximum absolute atomic E-state index is 11.9. The Morgan fingerprint density at radius 1 is 1.08 bits per heavy atom. The van der Waals surface area contributed by atoms with Gasteiger partial charge in [-0.1, -0.05) is 17.8 Å². The molecule has 7 heteroatoms. The van der Waals surface area contributed by atoms with Crippen LogP contribution in [0.2, 0.25) is 0 Å². The van der Waals surface area contributed by atoms with Crippen LogP contribution in [0.4, 0.5) is 5.69 Å². The monoisotopic (exact) mass is 339 g/mol. The molecule has 1 heterocycles. The van der Waals surface area contributed by atoms with E-state index in [1.807, 2.05) is 24.3 Å². The summed E-state index contributed by atoms with van der Waals surface area (Å²) in [6, 6.07) is 14.2. The minimum Gasteiger partial charge on any atom is -0.324 e. The van der Waals surface area contributed by atoms with Crippen LogP contribution in [-0.4, -0.2) is 26.1 Å². The fraction of sp³-hybridized carbons (Fsp3) is 0.176. The third kappa shape index (κ3) is 4.20. The van der Waals surface area contributed by atoms with Crippen LogP contribution in [0.15, 0.2) is 58.6 Å². The second-order valence-electron chi connectivity index (χ2n) is 5.43. The van der Waals surface area contributed by atoms with E-state index in [9.17, 15) is 4.79 Å². The van der Waals surface area contributed by atoms with Crippen molar-refractivity contribution in [3.05, 3.63) is 59.9 Å². The molecule has 0 bridgehead atoms. The van der Waals surface area contributed by atoms with Gasteiger partial charge in [0.15, 0.2) is 0 Å². The van der Waals surface area contributed by atoms with E-state index in [0.29, 0.717) is 0 Å². The SMILES string of the molecule is Cc1ccc(Sc2ccc(NC(=O)Cn3cnnn3)cc2)cc1C. The van der Waals surface area contributed by atoms with Crippen molar-refractivity contribution in [3.8, 4) is 0 Å². The summed E-state index contributed by atoms with van der Waals surface area (Å²) in [6.45, 7) is 4.31. The van der Waals surface area contributed by atoms with Crippen LogP contribution < -0.4 is 5.32 Å². The molecule has 0 saturated carbocycles. The van der Waals surface area contributed by atoms with Gasteiger partial charge in [-0.25, -0.2) is 4.68 Å². The van der Waals surface area contributed by atoms with E-state index in [1.165, 1.54) is 27.0 Å². The van der Waals surface area contributed by atoms with Crippen molar-refractivity contribution < 1.29 is 4.79 Å². The van der Waals surface area contributed by atoms with Gasteiger partial charge in [-0.15, -0.1) is 5.10 Å². The minimum absolute atomic E-state index is 0.0894. The number of nitrogens with one attached hydrogen (secondary N) is 1. The van der Waals surface area contributed by atoms with Gasteiger partial charge >= 0.3 is 0 Å². The number of aromatic nitrogens is 4. The van der Waals surface area contributed by atoms with E-state index < -0.39 is 0 Å². The lowest BCUT2D eigenvalue weighted by atomic mass is 10.1. The molecule has 1 aromatic heterocycles. The van der Waals surface area contributed by atoms with Gasteiger partial charge in [-0.2, -0.15) is 0 Å². The zero-order chi connectivity index (χ0) is 16.9. The van der Waals surface area contributed by atoms with Crippen LogP contribution >= 0.6 is 11.8 Å². The predicted octanol–water partition coefficient (Wildman–Crippen LogP) is 3.08. The molecule has 0 aliphatic heterocycles. The first-order valence-corrected chi connectivity index (χ1v) is 8.27. The molecule has 3 aromatic rings. The van der Waals surface area contributed by atoms with E-state index in [1.54, 1.807) is 11.8 Å². The Kier molecular flexibility index (Phi) is 4.90. The molecule has 0 unspecified atom stereocenters. The molecule has 6 nitrogen and oxygen atoms in total. The molecule has 0 saturated heterocycles. The predicted molar refractivity (Wildman–Crippen MR) is 92.9 cm³/mol. The molecule has 0 fully saturated rings. The van der Waals surface area contributed by atoms with Crippen molar-refractivity contribution in [2.24, 2.45) is 0 Å². The number of anilines is 1. The number of hydrogen-bond donors (Lipinski definition) is 1. The highest BCUT2D eigenvalue weighted by atomic mass is 32.2. The Bertz CT molecular complexity index is 831. The normalized spacial score (nSPS) is 10.6. The highest BCUT2D eigenvalue weighted by Gasteiger charge is 2.05. The molecular weight excluding hydrogens is 322 g/mol. The highest BCUT2D eigenvalue weighted by Crippen LogP contribution is 2.29. The average Bonchev–Trinajstić information content (AvgIpc) is 3.06. The molecular formula is C17H17N5OS. The van der Waals surface area contributed by atoms with Crippen molar-refractivity contribution >= 4 is 23.4 Å². The fourth-order valence-corrected chi connectivity index (χ4v) is 3.04. The zero-order valence-corrected chi connectivity index (χ0v) is 14.2. The second-order valence-corrected chi connectivity index (χ2v) is 6.58. The molecule has 1 amide bonds. The van der Waals surface area contributed by atoms with Crippen LogP contribution in [0.25, 0.3) is 0 Å². The summed E-state index contributed by atoms with van der Waals surface area (Å²) in [7, 11) is 0. The summed E-state index contributed by atoms with van der Waals surface area (Å²) in [5.74, 6) is -0.170. The van der Waals surface area contributed by atoms with E-state index in [2.05, 4.69) is 52.9 Å². The maximum atomic E-state index is 11.9. The summed E-state index contributed by atoms with van der Waals surface area (Å²) >= 11 is 1.70. The van der Waals surface area contributed by atoms with Crippen LogP contribution in [0.5, 0.6) is 0 Å². The first-order valence-electron chi connectivity index (χ1n) is 7.46. The van der Waals surface area contributed by atoms with E-state index in [0.717, 1.165) is 10.6 Å². The topological polar surface area (TPSA) is 72.7 Å². The van der Waals surface area contributed by atoms with Crippen molar-refractivity contribution in [3.63, 3.8) is 0 Å². The minimum atomic E-state index is -0.170. The summed E-state index contributed by atoms with van der Waals surface area (Å²) in [6.07, 6.45) is 1.41. The Morgan fingerprint density at radius 2 is 1.83 bits per heavy atom. The molecule has 3 rings (SSSR count). The summed E-state index contributed by atoms with van der Waals surface area (Å²) < 4.78 is 1.37. The molecule has 0 radical (unpaired) electrons. The van der Waals surface area contributed by atoms with Gasteiger partial charge in [0.2, 0.25) is 5.91 Å². The number of rotatable bonds is 5. The van der Waals surface area contributed by atoms with Crippen molar-refractivity contribution in [2.75, 3.05) is 5.32 Å². The first kappa shape index (κ1) is 16.2. The summed E-state index contributed by atoms with van der Waals surface area (Å²) in [5, 5.41) is 13.5. The lowest BCUT2D eigenvalue weighted by molar-refractivity contribution is -0.116. The van der Waals surface area contributed by atoms with Crippen LogP contribution in [0.3, 0.4) is 0 Å². The van der Waals surface area contributed by atoms with Gasteiger partial charge < -0.3 is 5.32 Å². The standard InChI is InChI=1S/C17H17N5OS/c1-12-3-6-16(9-13(12)2)24-15-7-4-14(5-8-15)19-17(23)10-22-11-18-20-21-22/h3-9,11H,10H2,1-2H3,(H,19,23). The summed E-state index contributed by atoms with van der Waals surface area (Å²) in [5.41, 5.74) is 3.32. The number of tetrazole rings is 1. The average molecular weight is 339 g/mol. The third-order valence-electron chi connectivity index (χ3n) is 3.55. The van der Waals surface area contributed by atoms with Crippen molar-refractivity contribution in [1.82, 2.24) is 20.2 Å². The van der Waals surface area contributed by atoms with Crippen LogP contribution in [0, 0.1) is 13.8 Å². The Labute approximate surface area is 144 Å². The number of hydrogen-bond acceptors (Lipinski definition) is 5. The Hall–Kier alpha value is -2.67. The van der Waals surface area contributed by atoms with Gasteiger partial charge in [-0.05, 0) is 71.8 Å². The first-order chi connectivity index (χ1) is 11.6. The van der Waals surface area contributed by atoms with Gasteiger partial charge in [0.05, 0.1) is 0 Å². The number of amides is 1. The van der Waals surface area contributed by atoms with E-state index in [4.69, 9.17) is 0 Å². The molecule has 0 atom stereocenters. The van der Waals surface area contributed by atoms with E-state index in [-0.39, 0.29) is 12.5 Å². The number of carbonyl (C=O) groups excluding carboxylic acids is 1. The fourth-order valence-electron chi connectivity index (χ4n) is 2.12. The molecule has 1 N–H and O–H groups in total. The van der Waals surface area contributed by atoms with Gasteiger partial charge in [-0.3, -0.25) is 4.79 Å². The van der Waals surface area contributed by atoms with Gasteiger partial charge in [0.1, 0.15) is 12.9 Å². The largest absolute Gasteiger partial charge is 0.324 e. The van der Waals surface area contributed by atoms with Crippen molar-refractivity contribution in [2.45, 2.75) is 30.2 Å². The van der Waals surface area contributed by atoms with E-state index >= 15 is 0 Å². The number of benzene rings is 2. The smallest absolute Gasteiger partial charge is 0.246 e. The van der Waals surface area contributed by atoms with Gasteiger partial charge in [0, 0.05) is 15.5 Å². The quantitative estimate of drug-likeness (QED) is 0.773. The summed E-state index contributed by atoms with van der Waals surface area (Å²) in [4.78, 5) is 14.2. The number of carbonyl (C=O) groups is 1. The molecule has 0 aliphatic carbocycles. The highest BCUT2D eigenvalue weighted by molar-refractivity contribution is 7.99. The van der Waals surface area contributed by atoms with Gasteiger partial charge in [0.25, 0.3) is 0 Å². The number of aryl methyl sites for hydroxylation is 2. The van der Waals surface area contributed by atoms with Crippen LogP contribution in [-0.2, 0) is 11.3 Å². The Morgan fingerprint density at radius 3 is 2.50 bits per heavy atom. The Balaban J connectivity index is 1.60.